The second-order valence-electron chi connectivity index (χ2n) is 7.48. The van der Waals surface area contributed by atoms with Gasteiger partial charge in [-0.15, -0.1) is 0 Å². The van der Waals surface area contributed by atoms with Crippen molar-refractivity contribution in [2.75, 3.05) is 6.61 Å². The Balaban J connectivity index is 1.43. The zero-order chi connectivity index (χ0) is 17.6. The second kappa shape index (κ2) is 6.63. The summed E-state index contributed by atoms with van der Waals surface area (Å²) >= 11 is 0. The molecule has 6 nitrogen and oxygen atoms in total. The van der Waals surface area contributed by atoms with Crippen molar-refractivity contribution in [1.82, 2.24) is 5.32 Å². The van der Waals surface area contributed by atoms with Gasteiger partial charge in [-0.2, -0.15) is 0 Å². The topological polar surface area (TPSA) is 88.0 Å². The molecule has 7 heteroatoms. The van der Waals surface area contributed by atoms with Gasteiger partial charge in [-0.25, -0.2) is 0 Å². The molecule has 3 aliphatic rings. The zero-order valence-electron chi connectivity index (χ0n) is 14.4. The summed E-state index contributed by atoms with van der Waals surface area (Å²) in [6, 6.07) is 5.98. The molecule has 1 unspecified atom stereocenters. The molecule has 3 N–H and O–H groups in total. The first-order valence-electron chi connectivity index (χ1n) is 9.07. The molecule has 3 heterocycles. The molecule has 1 aromatic carbocycles. The summed E-state index contributed by atoms with van der Waals surface area (Å²) in [6.45, 7) is 2.49. The molecule has 2 fully saturated rings. The second-order valence-corrected chi connectivity index (χ2v) is 7.48. The van der Waals surface area contributed by atoms with Crippen LogP contribution in [0.25, 0.3) is 0 Å². The number of nitrogens with one attached hydrogen (secondary N) is 1. The lowest BCUT2D eigenvalue weighted by atomic mass is 9.73. The van der Waals surface area contributed by atoms with Crippen LogP contribution in [-0.4, -0.2) is 47.8 Å². The summed E-state index contributed by atoms with van der Waals surface area (Å²) in [5, 5.41) is 22.4. The van der Waals surface area contributed by atoms with E-state index in [1.165, 1.54) is 0 Å². The maximum atomic E-state index is 12.6. The third-order valence-electron chi connectivity index (χ3n) is 5.78. The largest absolute Gasteiger partial charge is 0.492 e. The van der Waals surface area contributed by atoms with Crippen molar-refractivity contribution >= 4 is 13.0 Å². The molecule has 1 aromatic rings. The predicted molar refractivity (Wildman–Crippen MR) is 92.2 cm³/mol. The summed E-state index contributed by atoms with van der Waals surface area (Å²) in [5.41, 5.74) is 2.15. The number of rotatable bonds is 5. The first-order chi connectivity index (χ1) is 12.0. The Kier molecular flexibility index (Phi) is 4.48. The van der Waals surface area contributed by atoms with Crippen LogP contribution in [0.3, 0.4) is 0 Å². The van der Waals surface area contributed by atoms with Gasteiger partial charge >= 0.3 is 7.12 Å². The molecule has 0 saturated carbocycles. The van der Waals surface area contributed by atoms with Crippen LogP contribution in [0.1, 0.15) is 42.7 Å². The molecular formula is C18H24BNO5. The monoisotopic (exact) mass is 345 g/mol. The van der Waals surface area contributed by atoms with Crippen LogP contribution in [0.2, 0.25) is 0 Å². The molecule has 0 radical (unpaired) electrons. The molecule has 1 amide bonds. The van der Waals surface area contributed by atoms with Crippen LogP contribution in [0.5, 0.6) is 5.75 Å². The Bertz CT molecular complexity index is 667. The summed E-state index contributed by atoms with van der Waals surface area (Å²) in [4.78, 5) is 12.6. The van der Waals surface area contributed by atoms with E-state index in [2.05, 4.69) is 5.32 Å². The van der Waals surface area contributed by atoms with Crippen LogP contribution in [0, 0.1) is 12.8 Å². The lowest BCUT2D eigenvalue weighted by Gasteiger charge is -2.24. The first kappa shape index (κ1) is 16.9. The Morgan fingerprint density at radius 1 is 1.40 bits per heavy atom. The minimum Gasteiger partial charge on any atom is -0.492 e. The lowest BCUT2D eigenvalue weighted by molar-refractivity contribution is -0.127. The van der Waals surface area contributed by atoms with E-state index in [-0.39, 0.29) is 30.0 Å². The molecular weight excluding hydrogens is 321 g/mol. The van der Waals surface area contributed by atoms with E-state index in [4.69, 9.17) is 9.47 Å². The van der Waals surface area contributed by atoms with Crippen LogP contribution < -0.4 is 10.1 Å². The van der Waals surface area contributed by atoms with E-state index < -0.39 is 13.1 Å². The average molecular weight is 345 g/mol. The van der Waals surface area contributed by atoms with E-state index in [0.29, 0.717) is 13.0 Å². The molecule has 0 aliphatic carbocycles. The van der Waals surface area contributed by atoms with Crippen molar-refractivity contribution in [1.29, 1.82) is 0 Å². The van der Waals surface area contributed by atoms with Crippen molar-refractivity contribution in [2.45, 2.75) is 56.7 Å². The normalized spacial score (nSPS) is 30.7. The van der Waals surface area contributed by atoms with Gasteiger partial charge in [0.2, 0.25) is 5.91 Å². The van der Waals surface area contributed by atoms with E-state index >= 15 is 0 Å². The van der Waals surface area contributed by atoms with E-state index in [1.807, 2.05) is 25.1 Å². The van der Waals surface area contributed by atoms with Crippen molar-refractivity contribution in [3.63, 3.8) is 0 Å². The van der Waals surface area contributed by atoms with Gasteiger partial charge < -0.3 is 24.8 Å². The number of aryl methyl sites for hydroxylation is 1. The molecule has 134 valence electrons. The van der Waals surface area contributed by atoms with Crippen LogP contribution in [-0.2, 0) is 9.53 Å². The highest BCUT2D eigenvalue weighted by Crippen LogP contribution is 2.40. The Labute approximate surface area is 147 Å². The molecule has 0 aromatic heterocycles. The number of hydrogen-bond donors (Lipinski definition) is 3. The maximum Gasteiger partial charge on any atom is 0.475 e. The van der Waals surface area contributed by atoms with Gasteiger partial charge in [0.15, 0.2) is 0 Å². The summed E-state index contributed by atoms with van der Waals surface area (Å²) in [5.74, 6) is -0.0977. The number of ether oxygens (including phenoxy) is 2. The molecule has 2 bridgehead atoms. The standard InChI is InChI=1S/C18H24BNO5/c1-10-3-2-4-13-11(9-24-17(10)13)7-16(19(22)23)20-18(21)14-8-12-5-6-15(14)25-12/h2-4,11-12,14-16,22-23H,5-9H2,1H3,(H,20,21)/t11-,12+,14+,15-,16?/m0/s1. The number of benzene rings is 1. The highest BCUT2D eigenvalue weighted by Gasteiger charge is 2.45. The Hall–Kier alpha value is -1.57. The molecule has 5 atom stereocenters. The van der Waals surface area contributed by atoms with Gasteiger partial charge in [0.25, 0.3) is 0 Å². The molecule has 2 saturated heterocycles. The van der Waals surface area contributed by atoms with Gasteiger partial charge in [0.05, 0.1) is 30.7 Å². The highest BCUT2D eigenvalue weighted by molar-refractivity contribution is 6.43. The molecule has 25 heavy (non-hydrogen) atoms. The van der Waals surface area contributed by atoms with Crippen LogP contribution >= 0.6 is 0 Å². The van der Waals surface area contributed by atoms with Gasteiger partial charge in [0, 0.05) is 11.5 Å². The van der Waals surface area contributed by atoms with Crippen LogP contribution in [0.15, 0.2) is 18.2 Å². The van der Waals surface area contributed by atoms with Gasteiger partial charge in [-0.05, 0) is 38.2 Å². The number of carbonyl (C=O) groups excluding carboxylic acids is 1. The van der Waals surface area contributed by atoms with Crippen molar-refractivity contribution < 1.29 is 24.3 Å². The lowest BCUT2D eigenvalue weighted by Crippen LogP contribution is -2.50. The molecule has 0 spiro atoms. The zero-order valence-corrected chi connectivity index (χ0v) is 14.4. The number of hydrogen-bond acceptors (Lipinski definition) is 5. The van der Waals surface area contributed by atoms with E-state index in [0.717, 1.165) is 36.1 Å². The third-order valence-corrected chi connectivity index (χ3v) is 5.78. The number of carbonyl (C=O) groups is 1. The summed E-state index contributed by atoms with van der Waals surface area (Å²) < 4.78 is 11.5. The quantitative estimate of drug-likeness (QED) is 0.691. The van der Waals surface area contributed by atoms with Crippen molar-refractivity contribution in [3.05, 3.63) is 29.3 Å². The Morgan fingerprint density at radius 2 is 2.24 bits per heavy atom. The van der Waals surface area contributed by atoms with Gasteiger partial charge in [-0.1, -0.05) is 18.2 Å². The fourth-order valence-corrected chi connectivity index (χ4v) is 4.43. The number of fused-ring (bicyclic) bond motifs is 3. The minimum absolute atomic E-state index is 0.0142. The smallest absolute Gasteiger partial charge is 0.475 e. The van der Waals surface area contributed by atoms with Gasteiger partial charge in [-0.3, -0.25) is 4.79 Å². The summed E-state index contributed by atoms with van der Waals surface area (Å²) in [7, 11) is -1.60. The number of amides is 1. The minimum atomic E-state index is -1.60. The summed E-state index contributed by atoms with van der Waals surface area (Å²) in [6.07, 6.45) is 3.28. The fraction of sp³-hybridized carbons (Fsp3) is 0.611. The van der Waals surface area contributed by atoms with E-state index in [1.54, 1.807) is 0 Å². The number of para-hydroxylation sites is 1. The van der Waals surface area contributed by atoms with E-state index in [9.17, 15) is 14.8 Å². The molecule has 3 aliphatic heterocycles. The SMILES string of the molecule is Cc1cccc2c1OC[C@@H]2CC(NC(=O)[C@@H]1C[C@H]2CC[C@@H]1O2)B(O)O. The fourth-order valence-electron chi connectivity index (χ4n) is 4.43. The van der Waals surface area contributed by atoms with Crippen molar-refractivity contribution in [3.8, 4) is 5.75 Å². The predicted octanol–water partition coefficient (Wildman–Crippen LogP) is 0.925. The first-order valence-corrected chi connectivity index (χ1v) is 9.07. The highest BCUT2D eigenvalue weighted by atomic mass is 16.5. The Morgan fingerprint density at radius 3 is 2.92 bits per heavy atom. The van der Waals surface area contributed by atoms with Gasteiger partial charge in [0.1, 0.15) is 5.75 Å². The molecule has 4 rings (SSSR count). The third kappa shape index (κ3) is 3.16. The van der Waals surface area contributed by atoms with Crippen molar-refractivity contribution in [2.24, 2.45) is 5.92 Å². The van der Waals surface area contributed by atoms with Crippen LogP contribution in [0.4, 0.5) is 0 Å². The maximum absolute atomic E-state index is 12.6. The average Bonchev–Trinajstić information content (AvgIpc) is 3.30.